The Balaban J connectivity index is 2.07. The second-order valence-corrected chi connectivity index (χ2v) is 5.51. The van der Waals surface area contributed by atoms with Gasteiger partial charge in [0.2, 0.25) is 0 Å². The largest absolute Gasteiger partial charge is 0.409 e. The zero-order chi connectivity index (χ0) is 14.5. The Bertz CT molecular complexity index is 468. The zero-order valence-electron chi connectivity index (χ0n) is 12.2. The summed E-state index contributed by atoms with van der Waals surface area (Å²) in [4.78, 5) is 8.66. The molecule has 6 nitrogen and oxygen atoms in total. The molecule has 0 aromatic carbocycles. The third-order valence-electron chi connectivity index (χ3n) is 3.97. The molecule has 3 N–H and O–H groups in total. The molecule has 1 aromatic rings. The van der Waals surface area contributed by atoms with Crippen molar-refractivity contribution in [2.45, 2.75) is 12.8 Å². The molecular weight excluding hydrogens is 254 g/mol. The molecule has 20 heavy (non-hydrogen) atoms. The van der Waals surface area contributed by atoms with E-state index in [0.717, 1.165) is 30.9 Å². The van der Waals surface area contributed by atoms with E-state index in [1.54, 1.807) is 18.5 Å². The van der Waals surface area contributed by atoms with Crippen LogP contribution in [-0.4, -0.2) is 54.7 Å². The molecule has 0 amide bonds. The molecule has 0 radical (unpaired) electrons. The average Bonchev–Trinajstić information content (AvgIpc) is 2.48. The fourth-order valence-electron chi connectivity index (χ4n) is 2.69. The SMILES string of the molecule is CN1CCC(CN(C)c2cnccc2/C(N)=N/O)CC1. The minimum absolute atomic E-state index is 0.123. The standard InChI is InChI=1S/C14H23N5O/c1-18-7-4-11(5-8-18)10-19(2)13-9-16-6-3-12(13)14(15)17-20/h3,6,9,11,20H,4-5,7-8,10H2,1-2H3,(H2,15,17). The minimum atomic E-state index is 0.123. The van der Waals surface area contributed by atoms with Gasteiger partial charge in [0.15, 0.2) is 5.84 Å². The molecule has 110 valence electrons. The van der Waals surface area contributed by atoms with Crippen molar-refractivity contribution in [3.8, 4) is 0 Å². The molecule has 1 aliphatic heterocycles. The third kappa shape index (κ3) is 3.39. The quantitative estimate of drug-likeness (QED) is 0.371. The second kappa shape index (κ2) is 6.56. The van der Waals surface area contributed by atoms with E-state index in [1.807, 2.05) is 7.05 Å². The molecule has 0 bridgehead atoms. The van der Waals surface area contributed by atoms with Crippen LogP contribution in [0.15, 0.2) is 23.6 Å². The highest BCUT2D eigenvalue weighted by Crippen LogP contribution is 2.22. The molecule has 1 fully saturated rings. The summed E-state index contributed by atoms with van der Waals surface area (Å²) in [6.45, 7) is 3.27. The number of nitrogens with zero attached hydrogens (tertiary/aromatic N) is 4. The van der Waals surface area contributed by atoms with Gasteiger partial charge in [-0.25, -0.2) is 0 Å². The number of hydrogen-bond acceptors (Lipinski definition) is 5. The number of amidine groups is 1. The Kier molecular flexibility index (Phi) is 4.79. The smallest absolute Gasteiger partial charge is 0.172 e. The molecule has 2 rings (SSSR count). The first-order chi connectivity index (χ1) is 9.61. The van der Waals surface area contributed by atoms with Gasteiger partial charge in [-0.05, 0) is 45.0 Å². The van der Waals surface area contributed by atoms with E-state index in [4.69, 9.17) is 10.9 Å². The van der Waals surface area contributed by atoms with Crippen molar-refractivity contribution in [3.63, 3.8) is 0 Å². The van der Waals surface area contributed by atoms with E-state index in [0.29, 0.717) is 5.92 Å². The summed E-state index contributed by atoms with van der Waals surface area (Å²) < 4.78 is 0. The fourth-order valence-corrected chi connectivity index (χ4v) is 2.69. The maximum Gasteiger partial charge on any atom is 0.172 e. The van der Waals surface area contributed by atoms with E-state index in [1.165, 1.54) is 12.8 Å². The van der Waals surface area contributed by atoms with Crippen molar-refractivity contribution in [2.24, 2.45) is 16.8 Å². The van der Waals surface area contributed by atoms with E-state index < -0.39 is 0 Å². The molecule has 0 unspecified atom stereocenters. The highest BCUT2D eigenvalue weighted by Gasteiger charge is 2.20. The summed E-state index contributed by atoms with van der Waals surface area (Å²) in [5.74, 6) is 0.800. The Morgan fingerprint density at radius 2 is 2.25 bits per heavy atom. The van der Waals surface area contributed by atoms with Crippen molar-refractivity contribution in [1.82, 2.24) is 9.88 Å². The number of pyridine rings is 1. The lowest BCUT2D eigenvalue weighted by Crippen LogP contribution is -2.36. The monoisotopic (exact) mass is 277 g/mol. The van der Waals surface area contributed by atoms with Gasteiger partial charge < -0.3 is 20.7 Å². The molecule has 1 aromatic heterocycles. The van der Waals surface area contributed by atoms with Crippen LogP contribution in [0.1, 0.15) is 18.4 Å². The number of piperidine rings is 1. The van der Waals surface area contributed by atoms with Crippen molar-refractivity contribution >= 4 is 11.5 Å². The van der Waals surface area contributed by atoms with Gasteiger partial charge in [0.1, 0.15) is 0 Å². The summed E-state index contributed by atoms with van der Waals surface area (Å²) in [7, 11) is 4.20. The van der Waals surface area contributed by atoms with E-state index >= 15 is 0 Å². The summed E-state index contributed by atoms with van der Waals surface area (Å²) in [5.41, 5.74) is 7.35. The van der Waals surface area contributed by atoms with Gasteiger partial charge in [-0.2, -0.15) is 0 Å². The van der Waals surface area contributed by atoms with Crippen molar-refractivity contribution in [2.75, 3.05) is 38.6 Å². The first-order valence-electron chi connectivity index (χ1n) is 6.93. The van der Waals surface area contributed by atoms with Crippen LogP contribution in [0.3, 0.4) is 0 Å². The van der Waals surface area contributed by atoms with E-state index in [-0.39, 0.29) is 5.84 Å². The molecule has 1 aliphatic rings. The molecule has 1 saturated heterocycles. The summed E-state index contributed by atoms with van der Waals surface area (Å²) in [6.07, 6.45) is 5.84. The fraction of sp³-hybridized carbons (Fsp3) is 0.571. The van der Waals surface area contributed by atoms with Gasteiger partial charge in [-0.1, -0.05) is 5.16 Å². The van der Waals surface area contributed by atoms with Crippen LogP contribution in [0, 0.1) is 5.92 Å². The van der Waals surface area contributed by atoms with Crippen LogP contribution in [0.2, 0.25) is 0 Å². The van der Waals surface area contributed by atoms with Gasteiger partial charge in [0, 0.05) is 25.4 Å². The van der Waals surface area contributed by atoms with Gasteiger partial charge in [0.05, 0.1) is 11.9 Å². The lowest BCUT2D eigenvalue weighted by Gasteiger charge is -2.32. The number of hydrogen-bond donors (Lipinski definition) is 2. The second-order valence-electron chi connectivity index (χ2n) is 5.51. The topological polar surface area (TPSA) is 78.0 Å². The van der Waals surface area contributed by atoms with Gasteiger partial charge in [-0.15, -0.1) is 0 Å². The highest BCUT2D eigenvalue weighted by atomic mass is 16.4. The normalized spacial score (nSPS) is 18.2. The predicted octanol–water partition coefficient (Wildman–Crippen LogP) is 0.954. The third-order valence-corrected chi connectivity index (χ3v) is 3.97. The summed E-state index contributed by atoms with van der Waals surface area (Å²) in [6, 6.07) is 1.77. The Morgan fingerprint density at radius 1 is 1.55 bits per heavy atom. The Hall–Kier alpha value is -1.82. The predicted molar refractivity (Wildman–Crippen MR) is 80.2 cm³/mol. The molecule has 6 heteroatoms. The maximum atomic E-state index is 8.86. The van der Waals surface area contributed by atoms with Crippen LogP contribution < -0.4 is 10.6 Å². The van der Waals surface area contributed by atoms with Crippen molar-refractivity contribution in [3.05, 3.63) is 24.0 Å². The number of rotatable bonds is 4. The number of oxime groups is 1. The molecule has 2 heterocycles. The summed E-state index contributed by atoms with van der Waals surface area (Å²) in [5, 5.41) is 12.0. The maximum absolute atomic E-state index is 8.86. The van der Waals surface area contributed by atoms with Crippen LogP contribution in [0.25, 0.3) is 0 Å². The number of anilines is 1. The van der Waals surface area contributed by atoms with Crippen LogP contribution in [-0.2, 0) is 0 Å². The Morgan fingerprint density at radius 3 is 2.90 bits per heavy atom. The van der Waals surface area contributed by atoms with Crippen molar-refractivity contribution in [1.29, 1.82) is 0 Å². The number of nitrogens with two attached hydrogens (primary N) is 1. The number of aromatic nitrogens is 1. The van der Waals surface area contributed by atoms with Crippen molar-refractivity contribution < 1.29 is 5.21 Å². The first-order valence-corrected chi connectivity index (χ1v) is 6.93. The van der Waals surface area contributed by atoms with Crippen LogP contribution in [0.5, 0.6) is 0 Å². The minimum Gasteiger partial charge on any atom is -0.409 e. The molecule has 0 atom stereocenters. The Labute approximate surface area is 119 Å². The first kappa shape index (κ1) is 14.6. The molecular formula is C14H23N5O. The molecule has 0 saturated carbocycles. The van der Waals surface area contributed by atoms with Crippen LogP contribution >= 0.6 is 0 Å². The van der Waals surface area contributed by atoms with E-state index in [2.05, 4.69) is 27.0 Å². The molecule has 0 aliphatic carbocycles. The molecule has 0 spiro atoms. The van der Waals surface area contributed by atoms with Crippen LogP contribution in [0.4, 0.5) is 5.69 Å². The number of likely N-dealkylation sites (tertiary alicyclic amines) is 1. The highest BCUT2D eigenvalue weighted by molar-refractivity contribution is 6.01. The van der Waals surface area contributed by atoms with Gasteiger partial charge in [0.25, 0.3) is 0 Å². The zero-order valence-corrected chi connectivity index (χ0v) is 12.2. The average molecular weight is 277 g/mol. The summed E-state index contributed by atoms with van der Waals surface area (Å²) >= 11 is 0. The van der Waals surface area contributed by atoms with Gasteiger partial charge >= 0.3 is 0 Å². The lowest BCUT2D eigenvalue weighted by atomic mass is 9.96. The van der Waals surface area contributed by atoms with E-state index in [9.17, 15) is 0 Å². The van der Waals surface area contributed by atoms with Gasteiger partial charge in [-0.3, -0.25) is 4.98 Å². The lowest BCUT2D eigenvalue weighted by molar-refractivity contribution is 0.222.